The highest BCUT2D eigenvalue weighted by molar-refractivity contribution is 7.17. The number of hydrogen-bond donors (Lipinski definition) is 0. The van der Waals surface area contributed by atoms with Crippen LogP contribution in [0, 0.1) is 5.92 Å². The molecule has 1 aromatic heterocycles. The lowest BCUT2D eigenvalue weighted by molar-refractivity contribution is 0.112. The van der Waals surface area contributed by atoms with Gasteiger partial charge in [-0.3, -0.25) is 4.79 Å². The van der Waals surface area contributed by atoms with E-state index in [1.54, 1.807) is 11.3 Å². The Hall–Kier alpha value is -0.830. The van der Waals surface area contributed by atoms with Crippen molar-refractivity contribution in [1.29, 1.82) is 0 Å². The molecule has 0 aromatic carbocycles. The van der Waals surface area contributed by atoms with E-state index >= 15 is 0 Å². The molecular formula is C13H19NOS. The van der Waals surface area contributed by atoms with Gasteiger partial charge in [0, 0.05) is 12.6 Å². The highest BCUT2D eigenvalue weighted by Gasteiger charge is 2.29. The van der Waals surface area contributed by atoms with Gasteiger partial charge in [-0.25, -0.2) is 0 Å². The van der Waals surface area contributed by atoms with Crippen LogP contribution < -0.4 is 4.90 Å². The van der Waals surface area contributed by atoms with Crippen LogP contribution in [0.3, 0.4) is 0 Å². The standard InChI is InChI=1S/C13H19NOS/c1-10(2)7-8-14(11-3-4-11)13-6-5-12(9-15)16-13/h5-6,9-11H,3-4,7-8H2,1-2H3. The summed E-state index contributed by atoms with van der Waals surface area (Å²) in [5.41, 5.74) is 0. The minimum absolute atomic E-state index is 0.733. The quantitative estimate of drug-likeness (QED) is 0.705. The van der Waals surface area contributed by atoms with Crippen molar-refractivity contribution in [3.05, 3.63) is 17.0 Å². The maximum absolute atomic E-state index is 10.7. The van der Waals surface area contributed by atoms with Gasteiger partial charge in [0.2, 0.25) is 0 Å². The van der Waals surface area contributed by atoms with Gasteiger partial charge in [-0.1, -0.05) is 13.8 Å². The Kier molecular flexibility index (Phi) is 3.64. The molecule has 0 N–H and O–H groups in total. The monoisotopic (exact) mass is 237 g/mol. The van der Waals surface area contributed by atoms with E-state index in [2.05, 4.69) is 24.8 Å². The zero-order valence-electron chi connectivity index (χ0n) is 9.98. The van der Waals surface area contributed by atoms with Crippen molar-refractivity contribution in [3.8, 4) is 0 Å². The minimum atomic E-state index is 0.733. The van der Waals surface area contributed by atoms with Gasteiger partial charge in [0.1, 0.15) is 0 Å². The lowest BCUT2D eigenvalue weighted by Crippen LogP contribution is -2.26. The van der Waals surface area contributed by atoms with Crippen LogP contribution in [0.25, 0.3) is 0 Å². The molecule has 1 heterocycles. The third kappa shape index (κ3) is 2.85. The molecule has 1 aliphatic carbocycles. The van der Waals surface area contributed by atoms with Gasteiger partial charge >= 0.3 is 0 Å². The summed E-state index contributed by atoms with van der Waals surface area (Å²) in [7, 11) is 0. The maximum atomic E-state index is 10.7. The first-order valence-corrected chi connectivity index (χ1v) is 6.84. The van der Waals surface area contributed by atoms with Crippen molar-refractivity contribution < 1.29 is 4.79 Å². The zero-order valence-corrected chi connectivity index (χ0v) is 10.8. The first kappa shape index (κ1) is 11.6. The van der Waals surface area contributed by atoms with E-state index in [-0.39, 0.29) is 0 Å². The molecule has 88 valence electrons. The number of thiophene rings is 1. The second-order valence-corrected chi connectivity index (χ2v) is 5.99. The van der Waals surface area contributed by atoms with Crippen LogP contribution in [-0.2, 0) is 0 Å². The van der Waals surface area contributed by atoms with Crippen molar-refractivity contribution in [2.75, 3.05) is 11.4 Å². The summed E-state index contributed by atoms with van der Waals surface area (Å²) in [6.07, 6.45) is 4.80. The smallest absolute Gasteiger partial charge is 0.160 e. The Balaban J connectivity index is 2.03. The Morgan fingerprint density at radius 3 is 2.75 bits per heavy atom. The van der Waals surface area contributed by atoms with Crippen LogP contribution in [0.15, 0.2) is 12.1 Å². The molecule has 2 nitrogen and oxygen atoms in total. The first-order valence-electron chi connectivity index (χ1n) is 6.02. The number of aldehydes is 1. The summed E-state index contributed by atoms with van der Waals surface area (Å²) < 4.78 is 0. The van der Waals surface area contributed by atoms with Gasteiger partial charge in [-0.05, 0) is 37.3 Å². The fraction of sp³-hybridized carbons (Fsp3) is 0.615. The summed E-state index contributed by atoms with van der Waals surface area (Å²) in [6.45, 7) is 5.65. The number of anilines is 1. The van der Waals surface area contributed by atoms with Crippen molar-refractivity contribution in [2.45, 2.75) is 39.2 Å². The molecule has 3 heteroatoms. The van der Waals surface area contributed by atoms with E-state index in [4.69, 9.17) is 0 Å². The molecule has 1 aliphatic rings. The van der Waals surface area contributed by atoms with Crippen LogP contribution in [0.5, 0.6) is 0 Å². The minimum Gasteiger partial charge on any atom is -0.360 e. The van der Waals surface area contributed by atoms with E-state index in [0.29, 0.717) is 0 Å². The van der Waals surface area contributed by atoms with E-state index in [9.17, 15) is 4.79 Å². The molecule has 16 heavy (non-hydrogen) atoms. The molecule has 1 saturated carbocycles. The third-order valence-electron chi connectivity index (χ3n) is 2.95. The molecule has 0 aliphatic heterocycles. The molecule has 2 rings (SSSR count). The number of hydrogen-bond acceptors (Lipinski definition) is 3. The van der Waals surface area contributed by atoms with Crippen LogP contribution >= 0.6 is 11.3 Å². The fourth-order valence-electron chi connectivity index (χ4n) is 1.82. The van der Waals surface area contributed by atoms with Crippen molar-refractivity contribution in [1.82, 2.24) is 0 Å². The summed E-state index contributed by atoms with van der Waals surface area (Å²) in [4.78, 5) is 14.0. The molecule has 0 bridgehead atoms. The number of rotatable bonds is 6. The van der Waals surface area contributed by atoms with Gasteiger partial charge in [0.25, 0.3) is 0 Å². The van der Waals surface area contributed by atoms with Crippen molar-refractivity contribution >= 4 is 22.6 Å². The van der Waals surface area contributed by atoms with Gasteiger partial charge in [-0.2, -0.15) is 0 Å². The Labute approximate surface area is 101 Å². The van der Waals surface area contributed by atoms with E-state index in [0.717, 1.165) is 29.7 Å². The van der Waals surface area contributed by atoms with Crippen molar-refractivity contribution in [3.63, 3.8) is 0 Å². The van der Waals surface area contributed by atoms with Crippen molar-refractivity contribution in [2.24, 2.45) is 5.92 Å². The topological polar surface area (TPSA) is 20.3 Å². The zero-order chi connectivity index (χ0) is 11.5. The lowest BCUT2D eigenvalue weighted by atomic mass is 10.1. The number of nitrogens with zero attached hydrogens (tertiary/aromatic N) is 1. The van der Waals surface area contributed by atoms with Crippen LogP contribution in [0.1, 0.15) is 42.8 Å². The molecule has 1 fully saturated rings. The van der Waals surface area contributed by atoms with Gasteiger partial charge in [-0.15, -0.1) is 11.3 Å². The normalized spacial score (nSPS) is 15.4. The maximum Gasteiger partial charge on any atom is 0.160 e. The first-order chi connectivity index (χ1) is 7.70. The second-order valence-electron chi connectivity index (χ2n) is 4.90. The van der Waals surface area contributed by atoms with E-state index < -0.39 is 0 Å². The third-order valence-corrected chi connectivity index (χ3v) is 3.99. The lowest BCUT2D eigenvalue weighted by Gasteiger charge is -2.23. The highest BCUT2D eigenvalue weighted by atomic mass is 32.1. The molecule has 1 aromatic rings. The fourth-order valence-corrected chi connectivity index (χ4v) is 2.74. The van der Waals surface area contributed by atoms with Crippen LogP contribution in [0.4, 0.5) is 5.00 Å². The predicted octanol–water partition coefficient (Wildman–Crippen LogP) is 3.58. The molecule has 0 unspecified atom stereocenters. The van der Waals surface area contributed by atoms with Gasteiger partial charge < -0.3 is 4.90 Å². The second kappa shape index (κ2) is 5.00. The predicted molar refractivity (Wildman–Crippen MR) is 69.5 cm³/mol. The number of carbonyl (C=O) groups is 1. The molecule has 0 amide bonds. The van der Waals surface area contributed by atoms with Gasteiger partial charge in [0.05, 0.1) is 9.88 Å². The molecule has 0 saturated heterocycles. The average molecular weight is 237 g/mol. The van der Waals surface area contributed by atoms with Crippen LogP contribution in [-0.4, -0.2) is 18.9 Å². The largest absolute Gasteiger partial charge is 0.360 e. The molecule has 0 radical (unpaired) electrons. The molecular weight excluding hydrogens is 218 g/mol. The SMILES string of the molecule is CC(C)CCN(c1ccc(C=O)s1)C1CC1. The Morgan fingerprint density at radius 2 is 2.25 bits per heavy atom. The average Bonchev–Trinajstić information content (AvgIpc) is 2.96. The Bertz CT molecular complexity index is 355. The highest BCUT2D eigenvalue weighted by Crippen LogP contribution is 2.35. The summed E-state index contributed by atoms with van der Waals surface area (Å²) in [5.74, 6) is 0.742. The van der Waals surface area contributed by atoms with E-state index in [1.807, 2.05) is 6.07 Å². The summed E-state index contributed by atoms with van der Waals surface area (Å²) in [5, 5.41) is 1.27. The Morgan fingerprint density at radius 1 is 1.50 bits per heavy atom. The van der Waals surface area contributed by atoms with E-state index in [1.165, 1.54) is 24.3 Å². The van der Waals surface area contributed by atoms with Crippen LogP contribution in [0.2, 0.25) is 0 Å². The summed E-state index contributed by atoms with van der Waals surface area (Å²) >= 11 is 1.62. The molecule has 0 spiro atoms. The summed E-state index contributed by atoms with van der Waals surface area (Å²) in [6, 6.07) is 4.75. The number of carbonyl (C=O) groups excluding carboxylic acids is 1. The van der Waals surface area contributed by atoms with Gasteiger partial charge in [0.15, 0.2) is 6.29 Å². The molecule has 0 atom stereocenters.